The van der Waals surface area contributed by atoms with Crippen molar-refractivity contribution in [2.75, 3.05) is 11.9 Å². The molecule has 0 radical (unpaired) electrons. The van der Waals surface area contributed by atoms with Crippen LogP contribution in [0, 0.1) is 11.6 Å². The molecule has 19 heavy (non-hydrogen) atoms. The van der Waals surface area contributed by atoms with E-state index in [9.17, 15) is 8.78 Å². The molecule has 1 aliphatic heterocycles. The SMILES string of the molecule is Fc1cc(F)cc(C2CNc3cccc(Br)c3O2)c1. The Kier molecular flexibility index (Phi) is 3.14. The maximum Gasteiger partial charge on any atom is 0.157 e. The average Bonchev–Trinajstić information content (AvgIpc) is 2.38. The maximum absolute atomic E-state index is 13.2. The molecule has 1 N–H and O–H groups in total. The lowest BCUT2D eigenvalue weighted by molar-refractivity contribution is 0.208. The quantitative estimate of drug-likeness (QED) is 0.845. The summed E-state index contributed by atoms with van der Waals surface area (Å²) in [5.41, 5.74) is 1.34. The van der Waals surface area contributed by atoms with E-state index in [4.69, 9.17) is 4.74 Å². The molecular formula is C14H10BrF2NO. The minimum absolute atomic E-state index is 0.420. The summed E-state index contributed by atoms with van der Waals surface area (Å²) in [5, 5.41) is 3.19. The Bertz CT molecular complexity index is 613. The van der Waals surface area contributed by atoms with Gasteiger partial charge in [0.05, 0.1) is 16.7 Å². The van der Waals surface area contributed by atoms with E-state index in [2.05, 4.69) is 21.2 Å². The number of halogens is 3. The third-order valence-electron chi connectivity index (χ3n) is 2.96. The summed E-state index contributed by atoms with van der Waals surface area (Å²) in [6.45, 7) is 0.465. The Hall–Kier alpha value is -1.62. The summed E-state index contributed by atoms with van der Waals surface area (Å²) >= 11 is 3.40. The summed E-state index contributed by atoms with van der Waals surface area (Å²) in [7, 11) is 0. The number of nitrogens with one attached hydrogen (secondary N) is 1. The van der Waals surface area contributed by atoms with Crippen LogP contribution in [0.15, 0.2) is 40.9 Å². The highest BCUT2D eigenvalue weighted by Crippen LogP contribution is 2.39. The molecule has 1 unspecified atom stereocenters. The van der Waals surface area contributed by atoms with Gasteiger partial charge in [-0.3, -0.25) is 0 Å². The van der Waals surface area contributed by atoms with Crippen LogP contribution in [0.4, 0.5) is 14.5 Å². The zero-order chi connectivity index (χ0) is 13.4. The van der Waals surface area contributed by atoms with Crippen molar-refractivity contribution in [3.63, 3.8) is 0 Å². The minimum Gasteiger partial charge on any atom is -0.481 e. The fourth-order valence-electron chi connectivity index (χ4n) is 2.10. The van der Waals surface area contributed by atoms with Crippen LogP contribution >= 0.6 is 15.9 Å². The zero-order valence-electron chi connectivity index (χ0n) is 9.79. The molecule has 0 amide bonds. The normalized spacial score (nSPS) is 17.3. The molecule has 0 fully saturated rings. The number of anilines is 1. The molecule has 0 spiro atoms. The molecule has 98 valence electrons. The summed E-state index contributed by atoms with van der Waals surface area (Å²) in [5.74, 6) is -0.545. The van der Waals surface area contributed by atoms with Gasteiger partial charge in [-0.2, -0.15) is 0 Å². The van der Waals surface area contributed by atoms with Crippen LogP contribution in [0.25, 0.3) is 0 Å². The molecule has 0 bridgehead atoms. The van der Waals surface area contributed by atoms with E-state index in [1.165, 1.54) is 12.1 Å². The number of hydrogen-bond donors (Lipinski definition) is 1. The first-order valence-corrected chi connectivity index (χ1v) is 6.58. The summed E-state index contributed by atoms with van der Waals surface area (Å²) in [6, 6.07) is 9.07. The lowest BCUT2D eigenvalue weighted by Gasteiger charge is -2.28. The lowest BCUT2D eigenvalue weighted by atomic mass is 10.1. The Morgan fingerprint density at radius 3 is 2.63 bits per heavy atom. The number of fused-ring (bicyclic) bond motifs is 1. The molecule has 2 nitrogen and oxygen atoms in total. The van der Waals surface area contributed by atoms with Gasteiger partial charge in [0.15, 0.2) is 5.75 Å². The Labute approximate surface area is 117 Å². The van der Waals surface area contributed by atoms with E-state index in [0.29, 0.717) is 17.9 Å². The van der Waals surface area contributed by atoms with E-state index >= 15 is 0 Å². The van der Waals surface area contributed by atoms with Crippen molar-refractivity contribution in [3.8, 4) is 5.75 Å². The van der Waals surface area contributed by atoms with E-state index in [-0.39, 0.29) is 0 Å². The van der Waals surface area contributed by atoms with Crippen LogP contribution in [0.3, 0.4) is 0 Å². The Morgan fingerprint density at radius 1 is 1.16 bits per heavy atom. The fourth-order valence-corrected chi connectivity index (χ4v) is 2.56. The van der Waals surface area contributed by atoms with E-state index in [1.807, 2.05) is 18.2 Å². The molecule has 5 heteroatoms. The number of para-hydroxylation sites is 1. The van der Waals surface area contributed by atoms with Crippen molar-refractivity contribution in [3.05, 3.63) is 58.1 Å². The third-order valence-corrected chi connectivity index (χ3v) is 3.59. The van der Waals surface area contributed by atoms with Gasteiger partial charge in [0.1, 0.15) is 17.7 Å². The molecule has 3 rings (SSSR count). The van der Waals surface area contributed by atoms with Gasteiger partial charge in [-0.25, -0.2) is 8.78 Å². The molecule has 0 saturated carbocycles. The number of ether oxygens (including phenoxy) is 1. The molecular weight excluding hydrogens is 316 g/mol. The van der Waals surface area contributed by atoms with Crippen molar-refractivity contribution >= 4 is 21.6 Å². The summed E-state index contributed by atoms with van der Waals surface area (Å²) in [6.07, 6.45) is -0.420. The van der Waals surface area contributed by atoms with Gasteiger partial charge in [0.25, 0.3) is 0 Å². The van der Waals surface area contributed by atoms with Gasteiger partial charge < -0.3 is 10.1 Å². The molecule has 1 heterocycles. The first-order valence-electron chi connectivity index (χ1n) is 5.78. The molecule has 0 aromatic heterocycles. The fraction of sp³-hybridized carbons (Fsp3) is 0.143. The van der Waals surface area contributed by atoms with Crippen molar-refractivity contribution < 1.29 is 13.5 Å². The number of benzene rings is 2. The zero-order valence-corrected chi connectivity index (χ0v) is 11.4. The second-order valence-corrected chi connectivity index (χ2v) is 5.16. The van der Waals surface area contributed by atoms with Gasteiger partial charge in [-0.05, 0) is 45.8 Å². The van der Waals surface area contributed by atoms with Crippen molar-refractivity contribution in [2.45, 2.75) is 6.10 Å². The van der Waals surface area contributed by atoms with Crippen molar-refractivity contribution in [1.82, 2.24) is 0 Å². The van der Waals surface area contributed by atoms with Gasteiger partial charge in [-0.1, -0.05) is 6.07 Å². The highest BCUT2D eigenvalue weighted by atomic mass is 79.9. The maximum atomic E-state index is 13.2. The first-order chi connectivity index (χ1) is 9.13. The number of hydrogen-bond acceptors (Lipinski definition) is 2. The van der Waals surface area contributed by atoms with Gasteiger partial charge in [-0.15, -0.1) is 0 Å². The monoisotopic (exact) mass is 325 g/mol. The van der Waals surface area contributed by atoms with Crippen LogP contribution in [-0.4, -0.2) is 6.54 Å². The van der Waals surface area contributed by atoms with E-state index < -0.39 is 17.7 Å². The number of rotatable bonds is 1. The van der Waals surface area contributed by atoms with Gasteiger partial charge in [0, 0.05) is 6.07 Å². The van der Waals surface area contributed by atoms with Crippen LogP contribution in [-0.2, 0) is 0 Å². The van der Waals surface area contributed by atoms with Crippen molar-refractivity contribution in [1.29, 1.82) is 0 Å². The molecule has 2 aromatic carbocycles. The topological polar surface area (TPSA) is 21.3 Å². The Morgan fingerprint density at radius 2 is 1.89 bits per heavy atom. The van der Waals surface area contributed by atoms with Crippen LogP contribution in [0.2, 0.25) is 0 Å². The second kappa shape index (κ2) is 4.81. The van der Waals surface area contributed by atoms with Gasteiger partial charge >= 0.3 is 0 Å². The highest BCUT2D eigenvalue weighted by molar-refractivity contribution is 9.10. The largest absolute Gasteiger partial charge is 0.481 e. The van der Waals surface area contributed by atoms with Crippen LogP contribution in [0.5, 0.6) is 5.75 Å². The third kappa shape index (κ3) is 2.42. The average molecular weight is 326 g/mol. The summed E-state index contributed by atoms with van der Waals surface area (Å²) in [4.78, 5) is 0. The lowest BCUT2D eigenvalue weighted by Crippen LogP contribution is -2.24. The Balaban J connectivity index is 1.95. The van der Waals surface area contributed by atoms with Crippen molar-refractivity contribution in [2.24, 2.45) is 0 Å². The molecule has 0 aliphatic carbocycles. The molecule has 0 saturated heterocycles. The minimum atomic E-state index is -0.600. The molecule has 2 aromatic rings. The van der Waals surface area contributed by atoms with E-state index in [0.717, 1.165) is 16.2 Å². The van der Waals surface area contributed by atoms with E-state index in [1.54, 1.807) is 0 Å². The molecule has 1 aliphatic rings. The first kappa shape index (κ1) is 12.4. The summed E-state index contributed by atoms with van der Waals surface area (Å²) < 4.78 is 33.1. The predicted molar refractivity (Wildman–Crippen MR) is 72.4 cm³/mol. The molecule has 1 atom stereocenters. The predicted octanol–water partition coefficient (Wildman–Crippen LogP) is 4.27. The van der Waals surface area contributed by atoms with Gasteiger partial charge in [0.2, 0.25) is 0 Å². The standard InChI is InChI=1S/C14H10BrF2NO/c15-11-2-1-3-12-14(11)19-13(7-18-12)8-4-9(16)6-10(17)5-8/h1-6,13,18H,7H2. The highest BCUT2D eigenvalue weighted by Gasteiger charge is 2.23. The smallest absolute Gasteiger partial charge is 0.157 e. The second-order valence-electron chi connectivity index (χ2n) is 4.31. The van der Waals surface area contributed by atoms with Crippen LogP contribution < -0.4 is 10.1 Å². The van der Waals surface area contributed by atoms with Crippen LogP contribution in [0.1, 0.15) is 11.7 Å².